The lowest BCUT2D eigenvalue weighted by Gasteiger charge is -2.33. The van der Waals surface area contributed by atoms with Gasteiger partial charge in [-0.3, -0.25) is 4.79 Å². The highest BCUT2D eigenvalue weighted by molar-refractivity contribution is 5.81. The number of rotatable bonds is 5. The van der Waals surface area contributed by atoms with Crippen LogP contribution in [0.25, 0.3) is 0 Å². The molecular weight excluding hydrogens is 240 g/mol. The zero-order chi connectivity index (χ0) is 13.5. The predicted octanol–water partition coefficient (Wildman–Crippen LogP) is 2.07. The van der Waals surface area contributed by atoms with Gasteiger partial charge in [0.1, 0.15) is 6.10 Å². The van der Waals surface area contributed by atoms with Gasteiger partial charge in [0.25, 0.3) is 5.91 Å². The van der Waals surface area contributed by atoms with E-state index in [4.69, 9.17) is 10.5 Å². The van der Waals surface area contributed by atoms with Crippen molar-refractivity contribution in [3.63, 3.8) is 0 Å². The number of carbonyl (C=O) groups is 1. The van der Waals surface area contributed by atoms with E-state index >= 15 is 0 Å². The molecule has 0 bridgehead atoms. The van der Waals surface area contributed by atoms with E-state index in [-0.39, 0.29) is 12.0 Å². The fourth-order valence-electron chi connectivity index (χ4n) is 3.26. The Kier molecular flexibility index (Phi) is 6.11. The summed E-state index contributed by atoms with van der Waals surface area (Å²) in [5, 5.41) is 0. The fourth-order valence-corrected chi connectivity index (χ4v) is 3.26. The maximum absolute atomic E-state index is 12.6. The van der Waals surface area contributed by atoms with Gasteiger partial charge in [0.05, 0.1) is 0 Å². The van der Waals surface area contributed by atoms with E-state index in [1.807, 2.05) is 0 Å². The summed E-state index contributed by atoms with van der Waals surface area (Å²) in [6.07, 6.45) is 10.1. The van der Waals surface area contributed by atoms with Gasteiger partial charge >= 0.3 is 0 Å². The standard InChI is InChI=1S/C15H28N2O2/c16-10-6-11-17(13-7-3-1-2-4-8-13)15(18)14-9-5-12-19-14/h13-14H,1-12,16H2. The molecule has 1 saturated carbocycles. The molecule has 1 atom stereocenters. The van der Waals surface area contributed by atoms with Gasteiger partial charge in [0.15, 0.2) is 0 Å². The van der Waals surface area contributed by atoms with E-state index in [2.05, 4.69) is 4.90 Å². The summed E-state index contributed by atoms with van der Waals surface area (Å²) in [4.78, 5) is 14.7. The van der Waals surface area contributed by atoms with Crippen molar-refractivity contribution >= 4 is 5.91 Å². The molecule has 1 aliphatic carbocycles. The highest BCUT2D eigenvalue weighted by atomic mass is 16.5. The predicted molar refractivity (Wildman–Crippen MR) is 75.8 cm³/mol. The van der Waals surface area contributed by atoms with Crippen LogP contribution in [0.5, 0.6) is 0 Å². The van der Waals surface area contributed by atoms with Crippen LogP contribution in [-0.2, 0) is 9.53 Å². The molecular formula is C15H28N2O2. The fraction of sp³-hybridized carbons (Fsp3) is 0.933. The monoisotopic (exact) mass is 268 g/mol. The molecule has 0 aromatic carbocycles. The van der Waals surface area contributed by atoms with Crippen LogP contribution in [0.1, 0.15) is 57.8 Å². The highest BCUT2D eigenvalue weighted by Gasteiger charge is 2.32. The lowest BCUT2D eigenvalue weighted by Crippen LogP contribution is -2.46. The van der Waals surface area contributed by atoms with Crippen LogP contribution in [0.4, 0.5) is 0 Å². The number of nitrogens with zero attached hydrogens (tertiary/aromatic N) is 1. The second-order valence-corrected chi connectivity index (χ2v) is 5.82. The quantitative estimate of drug-likeness (QED) is 0.777. The van der Waals surface area contributed by atoms with Gasteiger partial charge in [-0.1, -0.05) is 25.7 Å². The molecule has 4 heteroatoms. The number of hydrogen-bond acceptors (Lipinski definition) is 3. The normalized spacial score (nSPS) is 25.2. The molecule has 2 rings (SSSR count). The number of carbonyl (C=O) groups excluding carboxylic acids is 1. The first-order chi connectivity index (χ1) is 9.33. The van der Waals surface area contributed by atoms with Crippen molar-refractivity contribution in [1.29, 1.82) is 0 Å². The number of nitrogens with two attached hydrogens (primary N) is 1. The molecule has 4 nitrogen and oxygen atoms in total. The molecule has 1 heterocycles. The summed E-state index contributed by atoms with van der Waals surface area (Å²) in [6, 6.07) is 0.422. The molecule has 1 aliphatic heterocycles. The first-order valence-electron chi connectivity index (χ1n) is 7.95. The zero-order valence-electron chi connectivity index (χ0n) is 12.0. The summed E-state index contributed by atoms with van der Waals surface area (Å²) < 4.78 is 5.58. The summed E-state index contributed by atoms with van der Waals surface area (Å²) in [5.74, 6) is 0.220. The molecule has 1 unspecified atom stereocenters. The Bertz CT molecular complexity index is 269. The molecule has 19 heavy (non-hydrogen) atoms. The minimum absolute atomic E-state index is 0.180. The topological polar surface area (TPSA) is 55.6 Å². The van der Waals surface area contributed by atoms with Crippen molar-refractivity contribution in [1.82, 2.24) is 4.90 Å². The zero-order valence-corrected chi connectivity index (χ0v) is 12.0. The lowest BCUT2D eigenvalue weighted by molar-refractivity contribution is -0.143. The Labute approximate surface area is 116 Å². The molecule has 110 valence electrons. The summed E-state index contributed by atoms with van der Waals surface area (Å²) >= 11 is 0. The van der Waals surface area contributed by atoms with Crippen LogP contribution in [0.15, 0.2) is 0 Å². The Hall–Kier alpha value is -0.610. The van der Waals surface area contributed by atoms with Crippen LogP contribution in [0, 0.1) is 0 Å². The molecule has 0 aromatic heterocycles. The van der Waals surface area contributed by atoms with Crippen molar-refractivity contribution < 1.29 is 9.53 Å². The van der Waals surface area contributed by atoms with Crippen molar-refractivity contribution in [3.8, 4) is 0 Å². The van der Waals surface area contributed by atoms with Crippen molar-refractivity contribution in [2.75, 3.05) is 19.7 Å². The van der Waals surface area contributed by atoms with Crippen LogP contribution >= 0.6 is 0 Å². The van der Waals surface area contributed by atoms with Crippen LogP contribution < -0.4 is 5.73 Å². The molecule has 2 N–H and O–H groups in total. The maximum atomic E-state index is 12.6. The van der Waals surface area contributed by atoms with E-state index in [1.54, 1.807) is 0 Å². The molecule has 1 amide bonds. The summed E-state index contributed by atoms with van der Waals surface area (Å²) in [5.41, 5.74) is 5.62. The minimum Gasteiger partial charge on any atom is -0.368 e. The van der Waals surface area contributed by atoms with Gasteiger partial charge < -0.3 is 15.4 Å². The van der Waals surface area contributed by atoms with Crippen LogP contribution in [0.3, 0.4) is 0 Å². The average Bonchev–Trinajstić information content (AvgIpc) is 2.83. The van der Waals surface area contributed by atoms with E-state index < -0.39 is 0 Å². The highest BCUT2D eigenvalue weighted by Crippen LogP contribution is 2.24. The van der Waals surface area contributed by atoms with Gasteiger partial charge in [-0.15, -0.1) is 0 Å². The third-order valence-corrected chi connectivity index (χ3v) is 4.36. The lowest BCUT2D eigenvalue weighted by atomic mass is 10.0. The van der Waals surface area contributed by atoms with Crippen molar-refractivity contribution in [3.05, 3.63) is 0 Å². The number of ether oxygens (including phenoxy) is 1. The number of amides is 1. The maximum Gasteiger partial charge on any atom is 0.251 e. The van der Waals surface area contributed by atoms with Gasteiger partial charge in [-0.25, -0.2) is 0 Å². The molecule has 2 fully saturated rings. The average molecular weight is 268 g/mol. The van der Waals surface area contributed by atoms with Gasteiger partial charge in [-0.05, 0) is 38.6 Å². The third-order valence-electron chi connectivity index (χ3n) is 4.36. The Morgan fingerprint density at radius 3 is 2.42 bits per heavy atom. The van der Waals surface area contributed by atoms with Gasteiger partial charge in [0.2, 0.25) is 0 Å². The summed E-state index contributed by atoms with van der Waals surface area (Å²) in [6.45, 7) is 2.20. The SMILES string of the molecule is NCCCN(C(=O)C1CCCO1)C1CCCCCC1. The smallest absolute Gasteiger partial charge is 0.251 e. The molecule has 2 aliphatic rings. The second-order valence-electron chi connectivity index (χ2n) is 5.82. The molecule has 0 spiro atoms. The van der Waals surface area contributed by atoms with E-state index in [0.717, 1.165) is 45.3 Å². The van der Waals surface area contributed by atoms with Crippen molar-refractivity contribution in [2.45, 2.75) is 69.9 Å². The molecule has 0 aromatic rings. The van der Waals surface area contributed by atoms with Crippen LogP contribution in [-0.4, -0.2) is 42.6 Å². The van der Waals surface area contributed by atoms with Crippen molar-refractivity contribution in [2.24, 2.45) is 5.73 Å². The van der Waals surface area contributed by atoms with Crippen LogP contribution in [0.2, 0.25) is 0 Å². The Morgan fingerprint density at radius 2 is 1.84 bits per heavy atom. The van der Waals surface area contributed by atoms with Gasteiger partial charge in [0, 0.05) is 19.2 Å². The van der Waals surface area contributed by atoms with Gasteiger partial charge in [-0.2, -0.15) is 0 Å². The summed E-state index contributed by atoms with van der Waals surface area (Å²) in [7, 11) is 0. The number of hydrogen-bond donors (Lipinski definition) is 1. The first kappa shape index (κ1) is 14.8. The van der Waals surface area contributed by atoms with E-state index in [9.17, 15) is 4.79 Å². The largest absolute Gasteiger partial charge is 0.368 e. The second kappa shape index (κ2) is 7.85. The van der Waals surface area contributed by atoms with E-state index in [1.165, 1.54) is 25.7 Å². The molecule has 1 saturated heterocycles. The molecule has 0 radical (unpaired) electrons. The third kappa shape index (κ3) is 4.18. The Balaban J connectivity index is 1.98. The first-order valence-corrected chi connectivity index (χ1v) is 7.95. The van der Waals surface area contributed by atoms with E-state index in [0.29, 0.717) is 12.6 Å². The Morgan fingerprint density at radius 1 is 1.11 bits per heavy atom. The minimum atomic E-state index is -0.180.